The van der Waals surface area contributed by atoms with E-state index >= 15 is 0 Å². The van der Waals surface area contributed by atoms with Gasteiger partial charge in [-0.2, -0.15) is 0 Å². The van der Waals surface area contributed by atoms with Gasteiger partial charge in [0.15, 0.2) is 0 Å². The molecule has 0 unspecified atom stereocenters. The van der Waals surface area contributed by atoms with Crippen LogP contribution in [0.25, 0.3) is 0 Å². The second kappa shape index (κ2) is 2.81. The van der Waals surface area contributed by atoms with E-state index in [4.69, 9.17) is 0 Å². The van der Waals surface area contributed by atoms with Crippen LogP contribution in [0.3, 0.4) is 0 Å². The molecule has 3 heteroatoms. The molecule has 0 spiro atoms. The van der Waals surface area contributed by atoms with Crippen LogP contribution in [-0.2, 0) is 6.54 Å². The number of rotatable bonds is 1. The Morgan fingerprint density at radius 3 is 3.00 bits per heavy atom. The first-order valence-electron chi connectivity index (χ1n) is 4.56. The highest BCUT2D eigenvalue weighted by Gasteiger charge is 2.18. The monoisotopic (exact) mass is 165 g/mol. The van der Waals surface area contributed by atoms with Crippen molar-refractivity contribution in [3.05, 3.63) is 12.5 Å². The average Bonchev–Trinajstić information content (AvgIpc) is 2.49. The van der Waals surface area contributed by atoms with E-state index in [1.54, 1.807) is 0 Å². The SMILES string of the molecule is CC(C)N1CCCn2cncc21. The van der Waals surface area contributed by atoms with E-state index in [-0.39, 0.29) is 0 Å². The van der Waals surface area contributed by atoms with Crippen molar-refractivity contribution in [2.24, 2.45) is 0 Å². The zero-order valence-corrected chi connectivity index (χ0v) is 7.70. The molecule has 0 aliphatic carbocycles. The highest BCUT2D eigenvalue weighted by molar-refractivity contribution is 5.39. The summed E-state index contributed by atoms with van der Waals surface area (Å²) in [4.78, 5) is 6.56. The van der Waals surface area contributed by atoms with E-state index in [0.29, 0.717) is 6.04 Å². The van der Waals surface area contributed by atoms with Crippen LogP contribution in [0.4, 0.5) is 5.82 Å². The number of anilines is 1. The lowest BCUT2D eigenvalue weighted by molar-refractivity contribution is 0.531. The number of hydrogen-bond acceptors (Lipinski definition) is 2. The summed E-state index contributed by atoms with van der Waals surface area (Å²) < 4.78 is 2.23. The minimum absolute atomic E-state index is 0.584. The Hall–Kier alpha value is -0.990. The molecule has 1 aliphatic rings. The molecule has 0 saturated carbocycles. The number of imidazole rings is 1. The summed E-state index contributed by atoms with van der Waals surface area (Å²) in [6, 6.07) is 0.584. The maximum absolute atomic E-state index is 4.16. The lowest BCUT2D eigenvalue weighted by atomic mass is 10.2. The van der Waals surface area contributed by atoms with Crippen molar-refractivity contribution in [2.45, 2.75) is 32.9 Å². The Morgan fingerprint density at radius 2 is 2.25 bits per heavy atom. The van der Waals surface area contributed by atoms with Crippen LogP contribution in [0.15, 0.2) is 12.5 Å². The van der Waals surface area contributed by atoms with Crippen LogP contribution in [0, 0.1) is 0 Å². The molecule has 0 amide bonds. The zero-order valence-electron chi connectivity index (χ0n) is 7.70. The fourth-order valence-electron chi connectivity index (χ4n) is 1.77. The van der Waals surface area contributed by atoms with Crippen molar-refractivity contribution in [1.82, 2.24) is 9.55 Å². The summed E-state index contributed by atoms with van der Waals surface area (Å²) in [7, 11) is 0. The molecule has 0 atom stereocenters. The van der Waals surface area contributed by atoms with Gasteiger partial charge in [0.1, 0.15) is 5.82 Å². The first-order valence-corrected chi connectivity index (χ1v) is 4.56. The third-order valence-corrected chi connectivity index (χ3v) is 2.41. The molecule has 0 saturated heterocycles. The summed E-state index contributed by atoms with van der Waals surface area (Å²) in [5.41, 5.74) is 0. The van der Waals surface area contributed by atoms with E-state index in [0.717, 1.165) is 6.54 Å². The van der Waals surface area contributed by atoms with Gasteiger partial charge in [-0.3, -0.25) is 0 Å². The molecular formula is C9H15N3. The molecule has 0 fully saturated rings. The number of aromatic nitrogens is 2. The minimum atomic E-state index is 0.584. The first kappa shape index (κ1) is 7.65. The molecule has 2 heterocycles. The Labute approximate surface area is 73.0 Å². The lowest BCUT2D eigenvalue weighted by Crippen LogP contribution is -2.36. The molecular weight excluding hydrogens is 150 g/mol. The number of hydrogen-bond donors (Lipinski definition) is 0. The van der Waals surface area contributed by atoms with Gasteiger partial charge in [0, 0.05) is 19.1 Å². The second-order valence-electron chi connectivity index (χ2n) is 3.59. The molecule has 1 aromatic heterocycles. The van der Waals surface area contributed by atoms with Gasteiger partial charge in [0.25, 0.3) is 0 Å². The van der Waals surface area contributed by atoms with E-state index in [1.807, 2.05) is 12.5 Å². The first-order chi connectivity index (χ1) is 5.79. The van der Waals surface area contributed by atoms with Crippen molar-refractivity contribution >= 4 is 5.82 Å². The molecule has 12 heavy (non-hydrogen) atoms. The van der Waals surface area contributed by atoms with E-state index in [1.165, 1.54) is 18.8 Å². The number of nitrogens with zero attached hydrogens (tertiary/aromatic N) is 3. The van der Waals surface area contributed by atoms with Crippen molar-refractivity contribution < 1.29 is 0 Å². The van der Waals surface area contributed by atoms with Gasteiger partial charge in [-0.05, 0) is 20.3 Å². The van der Waals surface area contributed by atoms with Crippen molar-refractivity contribution in [1.29, 1.82) is 0 Å². The van der Waals surface area contributed by atoms with Gasteiger partial charge < -0.3 is 9.47 Å². The molecule has 1 aromatic rings. The lowest BCUT2D eigenvalue weighted by Gasteiger charge is -2.33. The third-order valence-electron chi connectivity index (χ3n) is 2.41. The van der Waals surface area contributed by atoms with E-state index < -0.39 is 0 Å². The van der Waals surface area contributed by atoms with Gasteiger partial charge in [-0.25, -0.2) is 4.98 Å². The fraction of sp³-hybridized carbons (Fsp3) is 0.667. The van der Waals surface area contributed by atoms with Gasteiger partial charge in [-0.15, -0.1) is 0 Å². The molecule has 0 N–H and O–H groups in total. The summed E-state index contributed by atoms with van der Waals surface area (Å²) >= 11 is 0. The highest BCUT2D eigenvalue weighted by atomic mass is 15.3. The topological polar surface area (TPSA) is 21.1 Å². The second-order valence-corrected chi connectivity index (χ2v) is 3.59. The van der Waals surface area contributed by atoms with Crippen LogP contribution < -0.4 is 4.90 Å². The summed E-state index contributed by atoms with van der Waals surface area (Å²) in [5, 5.41) is 0. The summed E-state index contributed by atoms with van der Waals surface area (Å²) in [6.45, 7) is 6.74. The van der Waals surface area contributed by atoms with Crippen molar-refractivity contribution in [2.75, 3.05) is 11.4 Å². The Bertz CT molecular complexity index is 264. The number of aryl methyl sites for hydroxylation is 1. The van der Waals surface area contributed by atoms with Crippen LogP contribution in [0.1, 0.15) is 20.3 Å². The van der Waals surface area contributed by atoms with E-state index in [2.05, 4.69) is 28.3 Å². The van der Waals surface area contributed by atoms with Gasteiger partial charge in [0.05, 0.1) is 12.5 Å². The quantitative estimate of drug-likeness (QED) is 0.629. The Morgan fingerprint density at radius 1 is 1.42 bits per heavy atom. The maximum Gasteiger partial charge on any atom is 0.128 e. The average molecular weight is 165 g/mol. The van der Waals surface area contributed by atoms with Crippen molar-refractivity contribution in [3.63, 3.8) is 0 Å². The predicted octanol–water partition coefficient (Wildman–Crippen LogP) is 1.50. The molecule has 1 aliphatic heterocycles. The normalized spacial score (nSPS) is 16.8. The predicted molar refractivity (Wildman–Crippen MR) is 49.3 cm³/mol. The summed E-state index contributed by atoms with van der Waals surface area (Å²) in [5.74, 6) is 1.27. The molecule has 0 radical (unpaired) electrons. The Kier molecular flexibility index (Phi) is 1.79. The molecule has 66 valence electrons. The Balaban J connectivity index is 2.31. The third kappa shape index (κ3) is 1.09. The smallest absolute Gasteiger partial charge is 0.128 e. The zero-order chi connectivity index (χ0) is 8.55. The van der Waals surface area contributed by atoms with Crippen molar-refractivity contribution in [3.8, 4) is 0 Å². The van der Waals surface area contributed by atoms with Gasteiger partial charge >= 0.3 is 0 Å². The van der Waals surface area contributed by atoms with Crippen LogP contribution >= 0.6 is 0 Å². The van der Waals surface area contributed by atoms with Crippen LogP contribution in [0.2, 0.25) is 0 Å². The van der Waals surface area contributed by atoms with Gasteiger partial charge in [-0.1, -0.05) is 0 Å². The van der Waals surface area contributed by atoms with Gasteiger partial charge in [0.2, 0.25) is 0 Å². The molecule has 2 rings (SSSR count). The molecule has 3 nitrogen and oxygen atoms in total. The standard InChI is InChI=1S/C9H15N3/c1-8(2)12-5-3-4-11-7-10-6-9(11)12/h6-8H,3-5H2,1-2H3. The summed E-state index contributed by atoms with van der Waals surface area (Å²) in [6.07, 6.45) is 5.12. The number of fused-ring (bicyclic) bond motifs is 1. The minimum Gasteiger partial charge on any atom is -0.354 e. The maximum atomic E-state index is 4.16. The largest absolute Gasteiger partial charge is 0.354 e. The molecule has 0 bridgehead atoms. The van der Waals surface area contributed by atoms with Crippen LogP contribution in [-0.4, -0.2) is 22.1 Å². The van der Waals surface area contributed by atoms with Crippen LogP contribution in [0.5, 0.6) is 0 Å². The highest BCUT2D eigenvalue weighted by Crippen LogP contribution is 2.21. The molecule has 0 aromatic carbocycles. The fourth-order valence-corrected chi connectivity index (χ4v) is 1.77. The van der Waals surface area contributed by atoms with E-state index in [9.17, 15) is 0 Å².